The highest BCUT2D eigenvalue weighted by molar-refractivity contribution is 5.85. The summed E-state index contributed by atoms with van der Waals surface area (Å²) in [7, 11) is 3.19. The molecule has 0 aromatic heterocycles. The minimum absolute atomic E-state index is 0. The molecule has 0 bridgehead atoms. The van der Waals surface area contributed by atoms with E-state index < -0.39 is 0 Å². The first-order valence-electron chi connectivity index (χ1n) is 6.94. The van der Waals surface area contributed by atoms with Gasteiger partial charge in [0.2, 0.25) is 5.91 Å². The summed E-state index contributed by atoms with van der Waals surface area (Å²) in [6.45, 7) is 1.75. The topological polar surface area (TPSA) is 59.6 Å². The van der Waals surface area contributed by atoms with Crippen molar-refractivity contribution < 1.29 is 14.3 Å². The normalized spacial score (nSPS) is 17.0. The number of rotatable bonds is 6. The van der Waals surface area contributed by atoms with Crippen molar-refractivity contribution in [1.29, 1.82) is 0 Å². The van der Waals surface area contributed by atoms with Crippen LogP contribution in [-0.2, 0) is 11.2 Å². The summed E-state index contributed by atoms with van der Waals surface area (Å²) in [5, 5.41) is 6.32. The van der Waals surface area contributed by atoms with Crippen LogP contribution in [0.25, 0.3) is 0 Å². The molecule has 21 heavy (non-hydrogen) atoms. The first-order valence-corrected chi connectivity index (χ1v) is 6.94. The van der Waals surface area contributed by atoms with Crippen LogP contribution >= 0.6 is 12.4 Å². The molecule has 5 nitrogen and oxygen atoms in total. The standard InChI is InChI=1S/C15H22N2O3.ClH/c1-19-13-6-5-11(8-14(13)20-2)9-15(18)17-10-12-4-3-7-16-12;/h5-6,8,12,16H,3-4,7,9-10H2,1-2H3,(H,17,18);1H. The molecule has 1 amide bonds. The van der Waals surface area contributed by atoms with Crippen molar-refractivity contribution in [2.45, 2.75) is 25.3 Å². The molecule has 0 radical (unpaired) electrons. The monoisotopic (exact) mass is 314 g/mol. The lowest BCUT2D eigenvalue weighted by atomic mass is 10.1. The van der Waals surface area contributed by atoms with Crippen LogP contribution in [-0.4, -0.2) is 39.3 Å². The van der Waals surface area contributed by atoms with Crippen molar-refractivity contribution in [2.24, 2.45) is 0 Å². The molecule has 1 unspecified atom stereocenters. The molecule has 1 aliphatic rings. The maximum atomic E-state index is 11.9. The number of benzene rings is 1. The Morgan fingerprint density at radius 3 is 2.71 bits per heavy atom. The molecule has 1 heterocycles. The Morgan fingerprint density at radius 2 is 2.10 bits per heavy atom. The lowest BCUT2D eigenvalue weighted by Crippen LogP contribution is -2.37. The molecule has 1 saturated heterocycles. The van der Waals surface area contributed by atoms with E-state index in [-0.39, 0.29) is 18.3 Å². The molecule has 0 aliphatic carbocycles. The molecule has 118 valence electrons. The third-order valence-corrected chi connectivity index (χ3v) is 3.52. The molecule has 6 heteroatoms. The Bertz CT molecular complexity index is 462. The predicted molar refractivity (Wildman–Crippen MR) is 84.5 cm³/mol. The van der Waals surface area contributed by atoms with Crippen molar-refractivity contribution in [1.82, 2.24) is 10.6 Å². The highest BCUT2D eigenvalue weighted by Gasteiger charge is 2.15. The fourth-order valence-corrected chi connectivity index (χ4v) is 2.41. The van der Waals surface area contributed by atoms with E-state index in [0.717, 1.165) is 18.5 Å². The summed E-state index contributed by atoms with van der Waals surface area (Å²) in [4.78, 5) is 11.9. The third-order valence-electron chi connectivity index (χ3n) is 3.52. The number of ether oxygens (including phenoxy) is 2. The second-order valence-corrected chi connectivity index (χ2v) is 4.96. The van der Waals surface area contributed by atoms with Gasteiger partial charge in [-0.15, -0.1) is 12.4 Å². The number of methoxy groups -OCH3 is 2. The fourth-order valence-electron chi connectivity index (χ4n) is 2.41. The van der Waals surface area contributed by atoms with Gasteiger partial charge < -0.3 is 20.1 Å². The summed E-state index contributed by atoms with van der Waals surface area (Å²) in [5.74, 6) is 1.35. The molecular formula is C15H23ClN2O3. The summed E-state index contributed by atoms with van der Waals surface area (Å²) in [6, 6.07) is 5.96. The van der Waals surface area contributed by atoms with E-state index in [0.29, 0.717) is 30.5 Å². The molecular weight excluding hydrogens is 292 g/mol. The van der Waals surface area contributed by atoms with Gasteiger partial charge in [0.25, 0.3) is 0 Å². The zero-order chi connectivity index (χ0) is 14.4. The fraction of sp³-hybridized carbons (Fsp3) is 0.533. The number of carbonyl (C=O) groups excluding carboxylic acids is 1. The van der Waals surface area contributed by atoms with Crippen molar-refractivity contribution >= 4 is 18.3 Å². The smallest absolute Gasteiger partial charge is 0.224 e. The van der Waals surface area contributed by atoms with Crippen molar-refractivity contribution in [2.75, 3.05) is 27.3 Å². The number of carbonyl (C=O) groups is 1. The molecule has 1 aliphatic heterocycles. The van der Waals surface area contributed by atoms with Gasteiger partial charge in [-0.05, 0) is 37.1 Å². The van der Waals surface area contributed by atoms with Gasteiger partial charge in [-0.3, -0.25) is 4.79 Å². The summed E-state index contributed by atoms with van der Waals surface area (Å²) >= 11 is 0. The van der Waals surface area contributed by atoms with Gasteiger partial charge in [-0.1, -0.05) is 6.07 Å². The van der Waals surface area contributed by atoms with Crippen molar-refractivity contribution in [3.63, 3.8) is 0 Å². The molecule has 0 saturated carbocycles. The maximum Gasteiger partial charge on any atom is 0.224 e. The van der Waals surface area contributed by atoms with Gasteiger partial charge in [0, 0.05) is 12.6 Å². The SMILES string of the molecule is COc1ccc(CC(=O)NCC2CCCN2)cc1OC.Cl. The first kappa shape index (κ1) is 17.6. The number of halogens is 1. The number of amides is 1. The minimum Gasteiger partial charge on any atom is -0.493 e. The number of nitrogens with one attached hydrogen (secondary N) is 2. The minimum atomic E-state index is 0. The van der Waals surface area contributed by atoms with E-state index >= 15 is 0 Å². The zero-order valence-electron chi connectivity index (χ0n) is 12.5. The zero-order valence-corrected chi connectivity index (χ0v) is 13.3. The van der Waals surface area contributed by atoms with Crippen LogP contribution < -0.4 is 20.1 Å². The van der Waals surface area contributed by atoms with Gasteiger partial charge in [0.1, 0.15) is 0 Å². The third kappa shape index (κ3) is 5.10. The van der Waals surface area contributed by atoms with Gasteiger partial charge in [-0.2, -0.15) is 0 Å². The van der Waals surface area contributed by atoms with Crippen LogP contribution in [0.4, 0.5) is 0 Å². The average Bonchev–Trinajstić information content (AvgIpc) is 2.98. The predicted octanol–water partition coefficient (Wildman–Crippen LogP) is 1.54. The van der Waals surface area contributed by atoms with Crippen LogP contribution in [0.2, 0.25) is 0 Å². The molecule has 2 N–H and O–H groups in total. The molecule has 1 atom stereocenters. The maximum absolute atomic E-state index is 11.9. The van der Waals surface area contributed by atoms with Crippen molar-refractivity contribution in [3.8, 4) is 11.5 Å². The van der Waals surface area contributed by atoms with E-state index in [1.165, 1.54) is 6.42 Å². The molecule has 1 aromatic carbocycles. The summed E-state index contributed by atoms with van der Waals surface area (Å²) in [6.07, 6.45) is 2.68. The first-order chi connectivity index (χ1) is 9.72. The highest BCUT2D eigenvalue weighted by atomic mass is 35.5. The average molecular weight is 315 g/mol. The van der Waals surface area contributed by atoms with E-state index in [9.17, 15) is 4.79 Å². The Kier molecular flexibility index (Phi) is 7.32. The van der Waals surface area contributed by atoms with Crippen LogP contribution in [0.15, 0.2) is 18.2 Å². The molecule has 2 rings (SSSR count). The largest absolute Gasteiger partial charge is 0.493 e. The number of hydrogen-bond acceptors (Lipinski definition) is 4. The second kappa shape index (κ2) is 8.74. The molecule has 1 aromatic rings. The van der Waals surface area contributed by atoms with Gasteiger partial charge in [0.05, 0.1) is 20.6 Å². The van der Waals surface area contributed by atoms with E-state index in [4.69, 9.17) is 9.47 Å². The molecule has 0 spiro atoms. The van der Waals surface area contributed by atoms with E-state index in [1.54, 1.807) is 14.2 Å². The van der Waals surface area contributed by atoms with Gasteiger partial charge in [-0.25, -0.2) is 0 Å². The van der Waals surface area contributed by atoms with E-state index in [1.807, 2.05) is 18.2 Å². The Hall–Kier alpha value is -1.46. The van der Waals surface area contributed by atoms with Crippen molar-refractivity contribution in [3.05, 3.63) is 23.8 Å². The Balaban J connectivity index is 0.00000220. The van der Waals surface area contributed by atoms with Gasteiger partial charge >= 0.3 is 0 Å². The van der Waals surface area contributed by atoms with Gasteiger partial charge in [0.15, 0.2) is 11.5 Å². The van der Waals surface area contributed by atoms with Crippen LogP contribution in [0.1, 0.15) is 18.4 Å². The number of hydrogen-bond donors (Lipinski definition) is 2. The van der Waals surface area contributed by atoms with Crippen LogP contribution in [0.5, 0.6) is 11.5 Å². The summed E-state index contributed by atoms with van der Waals surface area (Å²) < 4.78 is 10.4. The van der Waals surface area contributed by atoms with E-state index in [2.05, 4.69) is 10.6 Å². The molecule has 1 fully saturated rings. The van der Waals surface area contributed by atoms with Crippen LogP contribution in [0.3, 0.4) is 0 Å². The lowest BCUT2D eigenvalue weighted by molar-refractivity contribution is -0.120. The Morgan fingerprint density at radius 1 is 1.33 bits per heavy atom. The summed E-state index contributed by atoms with van der Waals surface area (Å²) in [5.41, 5.74) is 0.916. The lowest BCUT2D eigenvalue weighted by Gasteiger charge is -2.12. The second-order valence-electron chi connectivity index (χ2n) is 4.96. The van der Waals surface area contributed by atoms with Crippen LogP contribution in [0, 0.1) is 0 Å². The Labute approximate surface area is 131 Å². The highest BCUT2D eigenvalue weighted by Crippen LogP contribution is 2.27. The quantitative estimate of drug-likeness (QED) is 0.836.